The molecule has 0 spiro atoms. The van der Waals surface area contributed by atoms with Gasteiger partial charge in [-0.3, -0.25) is 4.79 Å². The average Bonchev–Trinajstić information content (AvgIpc) is 2.37. The normalized spacial score (nSPS) is 34.8. The standard InChI is InChI=1S/C6H8F3NO2/c7-6(8,9)4-2(5(4)10)1-3(11)12/h2,4-5H,1,10H2,(H,11,12)/t2-,4-,5-/m0/s1. The summed E-state index contributed by atoms with van der Waals surface area (Å²) in [6, 6.07) is -1.03. The molecule has 3 nitrogen and oxygen atoms in total. The molecule has 0 aliphatic heterocycles. The first-order chi connectivity index (χ1) is 5.34. The van der Waals surface area contributed by atoms with Crippen LogP contribution in [0.25, 0.3) is 0 Å². The zero-order valence-corrected chi connectivity index (χ0v) is 6.01. The molecular weight excluding hydrogens is 175 g/mol. The maximum Gasteiger partial charge on any atom is 0.393 e. The number of rotatable bonds is 2. The maximum atomic E-state index is 11.9. The molecule has 1 aliphatic rings. The van der Waals surface area contributed by atoms with Crippen molar-refractivity contribution in [3.63, 3.8) is 0 Å². The van der Waals surface area contributed by atoms with Crippen LogP contribution in [-0.2, 0) is 4.79 Å². The van der Waals surface area contributed by atoms with E-state index in [4.69, 9.17) is 10.8 Å². The number of carboxylic acid groups (broad SMARTS) is 1. The fourth-order valence-corrected chi connectivity index (χ4v) is 1.33. The zero-order valence-electron chi connectivity index (χ0n) is 6.01. The molecule has 12 heavy (non-hydrogen) atoms. The molecule has 1 aliphatic carbocycles. The molecule has 3 N–H and O–H groups in total. The molecule has 0 aromatic heterocycles. The van der Waals surface area contributed by atoms with Gasteiger partial charge in [0.2, 0.25) is 0 Å². The van der Waals surface area contributed by atoms with E-state index in [0.717, 1.165) is 0 Å². The first-order valence-corrected chi connectivity index (χ1v) is 3.38. The summed E-state index contributed by atoms with van der Waals surface area (Å²) in [7, 11) is 0. The molecule has 0 amide bonds. The molecule has 1 rings (SSSR count). The van der Waals surface area contributed by atoms with Gasteiger partial charge in [0.25, 0.3) is 0 Å². The first kappa shape index (κ1) is 9.31. The Hall–Kier alpha value is -0.780. The van der Waals surface area contributed by atoms with Gasteiger partial charge in [-0.1, -0.05) is 0 Å². The molecule has 1 saturated carbocycles. The van der Waals surface area contributed by atoms with Crippen LogP contribution >= 0.6 is 0 Å². The highest BCUT2D eigenvalue weighted by atomic mass is 19.4. The highest BCUT2D eigenvalue weighted by molar-refractivity contribution is 5.67. The van der Waals surface area contributed by atoms with Crippen molar-refractivity contribution >= 4 is 5.97 Å². The van der Waals surface area contributed by atoms with Crippen LogP contribution < -0.4 is 5.73 Å². The number of halogens is 3. The number of carbonyl (C=O) groups is 1. The van der Waals surface area contributed by atoms with Crippen molar-refractivity contribution in [2.75, 3.05) is 0 Å². The molecule has 3 atom stereocenters. The predicted molar refractivity (Wildman–Crippen MR) is 33.3 cm³/mol. The Morgan fingerprint density at radius 3 is 2.25 bits per heavy atom. The largest absolute Gasteiger partial charge is 0.481 e. The summed E-state index contributed by atoms with van der Waals surface area (Å²) >= 11 is 0. The van der Waals surface area contributed by atoms with E-state index in [1.165, 1.54) is 0 Å². The third-order valence-electron chi connectivity index (χ3n) is 2.02. The predicted octanol–water partition coefficient (Wildman–Crippen LogP) is 0.597. The summed E-state index contributed by atoms with van der Waals surface area (Å²) in [5.74, 6) is -3.78. The minimum absolute atomic E-state index is 0.495. The summed E-state index contributed by atoms with van der Waals surface area (Å²) in [6.45, 7) is 0. The highest BCUT2D eigenvalue weighted by Crippen LogP contribution is 2.50. The smallest absolute Gasteiger partial charge is 0.393 e. The Labute approximate surface area is 66.4 Å². The van der Waals surface area contributed by atoms with Gasteiger partial charge < -0.3 is 10.8 Å². The molecule has 0 aromatic carbocycles. The Balaban J connectivity index is 2.48. The Morgan fingerprint density at radius 1 is 1.50 bits per heavy atom. The van der Waals surface area contributed by atoms with E-state index in [1.54, 1.807) is 0 Å². The topological polar surface area (TPSA) is 63.3 Å². The Kier molecular flexibility index (Phi) is 2.03. The minimum Gasteiger partial charge on any atom is -0.481 e. The number of alkyl halides is 3. The van der Waals surface area contributed by atoms with Crippen molar-refractivity contribution in [2.45, 2.75) is 18.6 Å². The fourth-order valence-electron chi connectivity index (χ4n) is 1.33. The van der Waals surface area contributed by atoms with Gasteiger partial charge in [0.15, 0.2) is 0 Å². The van der Waals surface area contributed by atoms with E-state index in [1.807, 2.05) is 0 Å². The molecule has 0 aromatic rings. The second-order valence-electron chi connectivity index (χ2n) is 2.91. The highest BCUT2D eigenvalue weighted by Gasteiger charge is 2.62. The quantitative estimate of drug-likeness (QED) is 0.658. The van der Waals surface area contributed by atoms with Gasteiger partial charge in [-0.15, -0.1) is 0 Å². The van der Waals surface area contributed by atoms with Crippen molar-refractivity contribution < 1.29 is 23.1 Å². The van der Waals surface area contributed by atoms with Crippen molar-refractivity contribution in [3.8, 4) is 0 Å². The molecule has 0 heterocycles. The second-order valence-corrected chi connectivity index (χ2v) is 2.91. The van der Waals surface area contributed by atoms with Crippen molar-refractivity contribution in [1.29, 1.82) is 0 Å². The number of hydrogen-bond acceptors (Lipinski definition) is 2. The van der Waals surface area contributed by atoms with Crippen LogP contribution in [0.1, 0.15) is 6.42 Å². The van der Waals surface area contributed by atoms with E-state index in [-0.39, 0.29) is 0 Å². The van der Waals surface area contributed by atoms with Crippen LogP contribution in [0.15, 0.2) is 0 Å². The molecule has 0 bridgehead atoms. The van der Waals surface area contributed by atoms with Gasteiger partial charge in [0.05, 0.1) is 12.3 Å². The average molecular weight is 183 g/mol. The van der Waals surface area contributed by atoms with E-state index in [2.05, 4.69) is 0 Å². The lowest BCUT2D eigenvalue weighted by atomic mass is 10.2. The summed E-state index contributed by atoms with van der Waals surface area (Å²) in [5, 5.41) is 8.20. The third-order valence-corrected chi connectivity index (χ3v) is 2.02. The molecule has 1 fully saturated rings. The molecule has 0 saturated heterocycles. The van der Waals surface area contributed by atoms with Crippen LogP contribution in [0.3, 0.4) is 0 Å². The van der Waals surface area contributed by atoms with Gasteiger partial charge in [0.1, 0.15) is 0 Å². The van der Waals surface area contributed by atoms with Crippen molar-refractivity contribution in [2.24, 2.45) is 17.6 Å². The van der Waals surface area contributed by atoms with Crippen LogP contribution in [0.2, 0.25) is 0 Å². The van der Waals surface area contributed by atoms with Gasteiger partial charge in [-0.25, -0.2) is 0 Å². The van der Waals surface area contributed by atoms with Crippen LogP contribution in [0.5, 0.6) is 0 Å². The second kappa shape index (κ2) is 2.62. The fraction of sp³-hybridized carbons (Fsp3) is 0.833. The lowest BCUT2D eigenvalue weighted by Gasteiger charge is -2.02. The van der Waals surface area contributed by atoms with Crippen molar-refractivity contribution in [3.05, 3.63) is 0 Å². The monoisotopic (exact) mass is 183 g/mol. The molecule has 70 valence electrons. The zero-order chi connectivity index (χ0) is 9.52. The third kappa shape index (κ3) is 1.69. The van der Waals surface area contributed by atoms with Gasteiger partial charge in [-0.2, -0.15) is 13.2 Å². The summed E-state index contributed by atoms with van der Waals surface area (Å²) in [6.07, 6.45) is -4.84. The van der Waals surface area contributed by atoms with E-state index in [9.17, 15) is 18.0 Å². The van der Waals surface area contributed by atoms with Crippen LogP contribution in [-0.4, -0.2) is 23.3 Å². The van der Waals surface area contributed by atoms with Crippen LogP contribution in [0.4, 0.5) is 13.2 Å². The van der Waals surface area contributed by atoms with Gasteiger partial charge >= 0.3 is 12.1 Å². The van der Waals surface area contributed by atoms with Crippen LogP contribution in [0, 0.1) is 11.8 Å². The minimum atomic E-state index is -4.35. The van der Waals surface area contributed by atoms with E-state index >= 15 is 0 Å². The summed E-state index contributed by atoms with van der Waals surface area (Å²) < 4.78 is 35.8. The number of hydrogen-bond donors (Lipinski definition) is 2. The van der Waals surface area contributed by atoms with Gasteiger partial charge in [0, 0.05) is 6.04 Å². The molecule has 0 unspecified atom stereocenters. The molecular formula is C6H8F3NO2. The molecule has 6 heteroatoms. The summed E-state index contributed by atoms with van der Waals surface area (Å²) in [4.78, 5) is 10.0. The number of carboxylic acids is 1. The SMILES string of the molecule is N[C@H]1[C@@H](CC(=O)O)[C@@H]1C(F)(F)F. The lowest BCUT2D eigenvalue weighted by Crippen LogP contribution is -2.17. The number of nitrogens with two attached hydrogens (primary N) is 1. The maximum absolute atomic E-state index is 11.9. The Morgan fingerprint density at radius 2 is 2.00 bits per heavy atom. The molecule has 0 radical (unpaired) electrons. The first-order valence-electron chi connectivity index (χ1n) is 3.38. The summed E-state index contributed by atoms with van der Waals surface area (Å²) in [5.41, 5.74) is 5.06. The van der Waals surface area contributed by atoms with E-state index < -0.39 is 36.4 Å². The Bertz CT molecular complexity index is 203. The van der Waals surface area contributed by atoms with Gasteiger partial charge in [-0.05, 0) is 5.92 Å². The van der Waals surface area contributed by atoms with E-state index in [0.29, 0.717) is 0 Å². The number of aliphatic carboxylic acids is 1. The van der Waals surface area contributed by atoms with Crippen molar-refractivity contribution in [1.82, 2.24) is 0 Å². The lowest BCUT2D eigenvalue weighted by molar-refractivity contribution is -0.153.